The molecule has 3 unspecified atom stereocenters. The van der Waals surface area contributed by atoms with Gasteiger partial charge in [-0.1, -0.05) is 19.8 Å². The minimum absolute atomic E-state index is 0.0294. The molecular weight excluding hydrogens is 254 g/mol. The zero-order chi connectivity index (χ0) is 15.2. The quantitative estimate of drug-likeness (QED) is 0.731. The summed E-state index contributed by atoms with van der Waals surface area (Å²) < 4.78 is 5.16. The molecule has 0 aromatic rings. The van der Waals surface area contributed by atoms with Crippen molar-refractivity contribution >= 4 is 5.91 Å². The van der Waals surface area contributed by atoms with Crippen molar-refractivity contribution < 1.29 is 9.53 Å². The van der Waals surface area contributed by atoms with Gasteiger partial charge in [0.15, 0.2) is 0 Å². The number of amides is 1. The lowest BCUT2D eigenvalue weighted by atomic mass is 9.75. The number of carbonyl (C=O) groups excluding carboxylic acids is 1. The lowest BCUT2D eigenvalue weighted by Gasteiger charge is -2.45. The fourth-order valence-electron chi connectivity index (χ4n) is 3.16. The molecule has 0 heterocycles. The zero-order valence-electron chi connectivity index (χ0n) is 13.4. The van der Waals surface area contributed by atoms with E-state index in [2.05, 4.69) is 31.2 Å². The number of nitrogens with one attached hydrogen (secondary N) is 1. The minimum atomic E-state index is -0.185. The summed E-state index contributed by atoms with van der Waals surface area (Å²) in [6, 6.07) is 0. The van der Waals surface area contributed by atoms with Crippen LogP contribution in [0.15, 0.2) is 0 Å². The van der Waals surface area contributed by atoms with Gasteiger partial charge in [-0.25, -0.2) is 0 Å². The predicted molar refractivity (Wildman–Crippen MR) is 81.5 cm³/mol. The summed E-state index contributed by atoms with van der Waals surface area (Å²) in [4.78, 5) is 14.3. The molecule has 0 radical (unpaired) electrons. The number of nitrogens with two attached hydrogens (primary N) is 1. The van der Waals surface area contributed by atoms with Crippen molar-refractivity contribution in [2.24, 2.45) is 11.7 Å². The Kier molecular flexibility index (Phi) is 6.92. The molecule has 1 amide bonds. The van der Waals surface area contributed by atoms with Gasteiger partial charge in [0.05, 0.1) is 12.5 Å². The van der Waals surface area contributed by atoms with Gasteiger partial charge in [-0.2, -0.15) is 0 Å². The summed E-state index contributed by atoms with van der Waals surface area (Å²) in [5.41, 5.74) is 5.65. The van der Waals surface area contributed by atoms with Crippen molar-refractivity contribution in [1.82, 2.24) is 10.2 Å². The number of ether oxygens (including phenoxy) is 1. The Labute approximate surface area is 123 Å². The van der Waals surface area contributed by atoms with Crippen LogP contribution in [0.4, 0.5) is 0 Å². The van der Waals surface area contributed by atoms with E-state index in [9.17, 15) is 4.79 Å². The molecule has 5 heteroatoms. The van der Waals surface area contributed by atoms with E-state index in [-0.39, 0.29) is 17.6 Å². The number of carbonyl (C=O) groups is 1. The molecule has 3 N–H and O–H groups in total. The Bertz CT molecular complexity index is 305. The predicted octanol–water partition coefficient (Wildman–Crippen LogP) is 0.977. The molecule has 1 saturated carbocycles. The summed E-state index contributed by atoms with van der Waals surface area (Å²) in [5, 5.41) is 3.08. The van der Waals surface area contributed by atoms with Gasteiger partial charge in [0.2, 0.25) is 5.91 Å². The second kappa shape index (κ2) is 7.96. The molecule has 20 heavy (non-hydrogen) atoms. The maximum absolute atomic E-state index is 12.0. The van der Waals surface area contributed by atoms with Crippen LogP contribution in [0.3, 0.4) is 0 Å². The van der Waals surface area contributed by atoms with Crippen LogP contribution in [-0.2, 0) is 9.53 Å². The average molecular weight is 285 g/mol. The Hall–Kier alpha value is -0.650. The smallest absolute Gasteiger partial charge is 0.222 e. The summed E-state index contributed by atoms with van der Waals surface area (Å²) in [6.07, 6.45) is 4.98. The standard InChI is InChI=1S/C15H31N3O2/c1-12-6-5-7-15(9-12,18(2)3)11-17-14(19)8-13(10-16)20-4/h12-13H,5-11,16H2,1-4H3,(H,17,19). The second-order valence-corrected chi connectivity index (χ2v) is 6.39. The van der Waals surface area contributed by atoms with E-state index in [0.717, 1.165) is 18.8 Å². The molecule has 118 valence electrons. The fourth-order valence-corrected chi connectivity index (χ4v) is 3.16. The summed E-state index contributed by atoms with van der Waals surface area (Å²) in [7, 11) is 5.82. The lowest BCUT2D eigenvalue weighted by molar-refractivity contribution is -0.124. The maximum Gasteiger partial charge on any atom is 0.222 e. The van der Waals surface area contributed by atoms with E-state index >= 15 is 0 Å². The molecule has 0 bridgehead atoms. The maximum atomic E-state index is 12.0. The van der Waals surface area contributed by atoms with Crippen molar-refractivity contribution in [2.75, 3.05) is 34.3 Å². The highest BCUT2D eigenvalue weighted by atomic mass is 16.5. The van der Waals surface area contributed by atoms with Crippen molar-refractivity contribution in [2.45, 2.75) is 50.7 Å². The summed E-state index contributed by atoms with van der Waals surface area (Å²) in [6.45, 7) is 3.39. The molecule has 0 aromatic heterocycles. The van der Waals surface area contributed by atoms with Gasteiger partial charge in [-0.15, -0.1) is 0 Å². The van der Waals surface area contributed by atoms with Crippen LogP contribution < -0.4 is 11.1 Å². The number of hydrogen-bond donors (Lipinski definition) is 2. The molecule has 1 aliphatic rings. The Morgan fingerprint density at radius 1 is 1.55 bits per heavy atom. The van der Waals surface area contributed by atoms with E-state index in [0.29, 0.717) is 19.5 Å². The Morgan fingerprint density at radius 3 is 2.75 bits per heavy atom. The molecule has 0 aliphatic heterocycles. The van der Waals surface area contributed by atoms with Gasteiger partial charge in [0.25, 0.3) is 0 Å². The van der Waals surface area contributed by atoms with Crippen LogP contribution in [0.1, 0.15) is 39.0 Å². The molecule has 5 nitrogen and oxygen atoms in total. The van der Waals surface area contributed by atoms with Crippen LogP contribution in [0.5, 0.6) is 0 Å². The minimum Gasteiger partial charge on any atom is -0.380 e. The lowest BCUT2D eigenvalue weighted by Crippen LogP contribution is -2.55. The average Bonchev–Trinajstić information content (AvgIpc) is 2.42. The SMILES string of the molecule is COC(CN)CC(=O)NCC1(N(C)C)CCCC(C)C1. The first-order valence-electron chi connectivity index (χ1n) is 7.60. The highest BCUT2D eigenvalue weighted by Crippen LogP contribution is 2.35. The highest BCUT2D eigenvalue weighted by molar-refractivity contribution is 5.76. The van der Waals surface area contributed by atoms with E-state index in [4.69, 9.17) is 10.5 Å². The topological polar surface area (TPSA) is 67.6 Å². The van der Waals surface area contributed by atoms with Crippen LogP contribution >= 0.6 is 0 Å². The Morgan fingerprint density at radius 2 is 2.25 bits per heavy atom. The first-order valence-corrected chi connectivity index (χ1v) is 7.60. The first kappa shape index (κ1) is 17.4. The van der Waals surface area contributed by atoms with E-state index < -0.39 is 0 Å². The van der Waals surface area contributed by atoms with E-state index in [1.165, 1.54) is 12.8 Å². The van der Waals surface area contributed by atoms with Crippen molar-refractivity contribution in [3.8, 4) is 0 Å². The molecule has 1 rings (SSSR count). The van der Waals surface area contributed by atoms with Gasteiger partial charge in [0.1, 0.15) is 0 Å². The van der Waals surface area contributed by atoms with E-state index in [1.807, 2.05) is 0 Å². The molecule has 1 fully saturated rings. The largest absolute Gasteiger partial charge is 0.380 e. The van der Waals surface area contributed by atoms with E-state index in [1.54, 1.807) is 7.11 Å². The number of likely N-dealkylation sites (N-methyl/N-ethyl adjacent to an activating group) is 1. The second-order valence-electron chi connectivity index (χ2n) is 6.39. The number of methoxy groups -OCH3 is 1. The third-order valence-electron chi connectivity index (χ3n) is 4.64. The fraction of sp³-hybridized carbons (Fsp3) is 0.933. The van der Waals surface area contributed by atoms with Crippen LogP contribution in [0.25, 0.3) is 0 Å². The molecule has 0 spiro atoms. The Balaban J connectivity index is 2.53. The number of nitrogens with zero attached hydrogens (tertiary/aromatic N) is 1. The number of rotatable bonds is 7. The van der Waals surface area contributed by atoms with Gasteiger partial charge < -0.3 is 20.7 Å². The van der Waals surface area contributed by atoms with Gasteiger partial charge in [-0.3, -0.25) is 4.79 Å². The molecule has 1 aliphatic carbocycles. The molecular formula is C15H31N3O2. The number of hydrogen-bond acceptors (Lipinski definition) is 4. The molecule has 3 atom stereocenters. The van der Waals surface area contributed by atoms with Gasteiger partial charge in [-0.05, 0) is 32.9 Å². The van der Waals surface area contributed by atoms with Gasteiger partial charge >= 0.3 is 0 Å². The molecule has 0 saturated heterocycles. The van der Waals surface area contributed by atoms with Crippen molar-refractivity contribution in [3.63, 3.8) is 0 Å². The third-order valence-corrected chi connectivity index (χ3v) is 4.64. The van der Waals surface area contributed by atoms with Crippen LogP contribution in [0.2, 0.25) is 0 Å². The third kappa shape index (κ3) is 4.72. The van der Waals surface area contributed by atoms with Crippen molar-refractivity contribution in [1.29, 1.82) is 0 Å². The zero-order valence-corrected chi connectivity index (χ0v) is 13.4. The van der Waals surface area contributed by atoms with Crippen LogP contribution in [-0.4, -0.2) is 56.7 Å². The first-order chi connectivity index (χ1) is 9.43. The monoisotopic (exact) mass is 285 g/mol. The normalized spacial score (nSPS) is 28.4. The molecule has 0 aromatic carbocycles. The van der Waals surface area contributed by atoms with Gasteiger partial charge in [0, 0.05) is 25.7 Å². The van der Waals surface area contributed by atoms with Crippen molar-refractivity contribution in [3.05, 3.63) is 0 Å². The van der Waals surface area contributed by atoms with Crippen LogP contribution in [0, 0.1) is 5.92 Å². The highest BCUT2D eigenvalue weighted by Gasteiger charge is 2.37. The summed E-state index contributed by atoms with van der Waals surface area (Å²) in [5.74, 6) is 0.751. The summed E-state index contributed by atoms with van der Waals surface area (Å²) >= 11 is 0.